The van der Waals surface area contributed by atoms with Crippen LogP contribution in [0.4, 0.5) is 0 Å². The lowest BCUT2D eigenvalue weighted by molar-refractivity contribution is -0.134. The Kier molecular flexibility index (Phi) is 3.94. The summed E-state index contributed by atoms with van der Waals surface area (Å²) in [5.41, 5.74) is 0. The normalized spacial score (nSPS) is 31.5. The van der Waals surface area contributed by atoms with Crippen LogP contribution in [0.2, 0.25) is 0 Å². The molecule has 2 heterocycles. The first kappa shape index (κ1) is 10.9. The summed E-state index contributed by atoms with van der Waals surface area (Å²) in [6, 6.07) is 0.450. The highest BCUT2D eigenvalue weighted by atomic mass is 16.5. The summed E-state index contributed by atoms with van der Waals surface area (Å²) in [5, 5.41) is 9.41. The average molecular weight is 213 g/mol. The van der Waals surface area contributed by atoms with E-state index in [9.17, 15) is 4.79 Å². The van der Waals surface area contributed by atoms with Crippen molar-refractivity contribution in [1.82, 2.24) is 16.0 Å². The average Bonchev–Trinajstić information content (AvgIpc) is 2.80. The van der Waals surface area contributed by atoms with E-state index in [1.54, 1.807) is 0 Å². The van der Waals surface area contributed by atoms with Gasteiger partial charge in [-0.3, -0.25) is 4.79 Å². The molecule has 3 N–H and O–H groups in total. The predicted octanol–water partition coefficient (Wildman–Crippen LogP) is -1.16. The van der Waals surface area contributed by atoms with E-state index in [4.69, 9.17) is 4.74 Å². The molecule has 0 bridgehead atoms. The van der Waals surface area contributed by atoms with Gasteiger partial charge in [0.05, 0.1) is 6.61 Å². The minimum Gasteiger partial charge on any atom is -0.366 e. The summed E-state index contributed by atoms with van der Waals surface area (Å²) < 4.78 is 5.36. The van der Waals surface area contributed by atoms with Crippen molar-refractivity contribution in [3.05, 3.63) is 0 Å². The summed E-state index contributed by atoms with van der Waals surface area (Å²) in [5.74, 6) is 0.0101. The number of carbonyl (C=O) groups excluding carboxylic acids is 1. The van der Waals surface area contributed by atoms with Gasteiger partial charge in [-0.05, 0) is 19.4 Å². The van der Waals surface area contributed by atoms with E-state index in [1.807, 2.05) is 0 Å². The van der Waals surface area contributed by atoms with Crippen molar-refractivity contribution in [2.45, 2.75) is 25.0 Å². The number of ether oxygens (including phenoxy) is 1. The molecule has 0 aromatic carbocycles. The molecule has 2 aliphatic heterocycles. The molecular weight excluding hydrogens is 194 g/mol. The van der Waals surface area contributed by atoms with Crippen LogP contribution in [0.1, 0.15) is 12.8 Å². The Morgan fingerprint density at radius 2 is 2.40 bits per heavy atom. The maximum absolute atomic E-state index is 11.7. The molecule has 0 aromatic rings. The van der Waals surface area contributed by atoms with Crippen molar-refractivity contribution < 1.29 is 9.53 Å². The topological polar surface area (TPSA) is 62.4 Å². The van der Waals surface area contributed by atoms with E-state index in [0.29, 0.717) is 19.2 Å². The van der Waals surface area contributed by atoms with Crippen LogP contribution in [0, 0.1) is 0 Å². The first-order valence-electron chi connectivity index (χ1n) is 5.69. The van der Waals surface area contributed by atoms with Gasteiger partial charge in [0.25, 0.3) is 5.91 Å². The predicted molar refractivity (Wildman–Crippen MR) is 56.6 cm³/mol. The van der Waals surface area contributed by atoms with Crippen LogP contribution in [0.3, 0.4) is 0 Å². The lowest BCUT2D eigenvalue weighted by Gasteiger charge is -2.23. The van der Waals surface area contributed by atoms with E-state index >= 15 is 0 Å². The summed E-state index contributed by atoms with van der Waals surface area (Å²) in [6.07, 6.45) is 2.06. The van der Waals surface area contributed by atoms with E-state index in [0.717, 1.165) is 26.1 Å². The van der Waals surface area contributed by atoms with Gasteiger partial charge in [-0.25, -0.2) is 0 Å². The first-order valence-corrected chi connectivity index (χ1v) is 5.69. The van der Waals surface area contributed by atoms with Crippen molar-refractivity contribution in [3.8, 4) is 0 Å². The van der Waals surface area contributed by atoms with Crippen LogP contribution in [0.5, 0.6) is 0 Å². The minimum absolute atomic E-state index is 0.0101. The summed E-state index contributed by atoms with van der Waals surface area (Å²) >= 11 is 0. The fourth-order valence-electron chi connectivity index (χ4n) is 2.00. The highest BCUT2D eigenvalue weighted by Gasteiger charge is 2.22. The van der Waals surface area contributed by atoms with Crippen molar-refractivity contribution in [2.24, 2.45) is 0 Å². The zero-order chi connectivity index (χ0) is 10.5. The fourth-order valence-corrected chi connectivity index (χ4v) is 2.00. The maximum atomic E-state index is 11.7. The molecule has 15 heavy (non-hydrogen) atoms. The third-order valence-electron chi connectivity index (χ3n) is 2.91. The van der Waals surface area contributed by atoms with Gasteiger partial charge in [0.2, 0.25) is 0 Å². The SMILES string of the molecule is O=C(NCC1CCCN1)[C@H]1CNCCO1. The molecule has 0 aliphatic carbocycles. The molecule has 2 saturated heterocycles. The number of morpholine rings is 1. The third-order valence-corrected chi connectivity index (χ3v) is 2.91. The van der Waals surface area contributed by atoms with Crippen molar-refractivity contribution in [1.29, 1.82) is 0 Å². The van der Waals surface area contributed by atoms with Crippen molar-refractivity contribution >= 4 is 5.91 Å². The molecule has 2 fully saturated rings. The molecule has 86 valence electrons. The Morgan fingerprint density at radius 3 is 3.07 bits per heavy atom. The molecule has 2 atom stereocenters. The van der Waals surface area contributed by atoms with Crippen LogP contribution in [0.15, 0.2) is 0 Å². The molecule has 2 rings (SSSR count). The molecule has 2 aliphatic rings. The zero-order valence-corrected chi connectivity index (χ0v) is 8.92. The highest BCUT2D eigenvalue weighted by molar-refractivity contribution is 5.81. The number of carbonyl (C=O) groups is 1. The van der Waals surface area contributed by atoms with Crippen molar-refractivity contribution in [2.75, 3.05) is 32.8 Å². The van der Waals surface area contributed by atoms with Gasteiger partial charge in [0.15, 0.2) is 0 Å². The molecule has 0 aromatic heterocycles. The third kappa shape index (κ3) is 3.15. The lowest BCUT2D eigenvalue weighted by Crippen LogP contribution is -2.49. The van der Waals surface area contributed by atoms with E-state index in [1.165, 1.54) is 6.42 Å². The van der Waals surface area contributed by atoms with Gasteiger partial charge < -0.3 is 20.7 Å². The molecule has 5 nitrogen and oxygen atoms in total. The van der Waals surface area contributed by atoms with Gasteiger partial charge in [0, 0.05) is 25.7 Å². The molecule has 1 amide bonds. The van der Waals surface area contributed by atoms with Gasteiger partial charge in [-0.2, -0.15) is 0 Å². The quantitative estimate of drug-likeness (QED) is 0.553. The molecule has 0 saturated carbocycles. The fraction of sp³-hybridized carbons (Fsp3) is 0.900. The van der Waals surface area contributed by atoms with Gasteiger partial charge in [0.1, 0.15) is 6.10 Å². The monoisotopic (exact) mass is 213 g/mol. The van der Waals surface area contributed by atoms with Crippen LogP contribution in [-0.4, -0.2) is 50.8 Å². The van der Waals surface area contributed by atoms with Crippen LogP contribution >= 0.6 is 0 Å². The Bertz CT molecular complexity index is 211. The van der Waals surface area contributed by atoms with Gasteiger partial charge >= 0.3 is 0 Å². The molecular formula is C10H19N3O2. The largest absolute Gasteiger partial charge is 0.366 e. The molecule has 1 unspecified atom stereocenters. The second-order valence-corrected chi connectivity index (χ2v) is 4.10. The van der Waals surface area contributed by atoms with Gasteiger partial charge in [-0.1, -0.05) is 0 Å². The van der Waals surface area contributed by atoms with E-state index in [-0.39, 0.29) is 12.0 Å². The Labute approximate surface area is 89.9 Å². The van der Waals surface area contributed by atoms with E-state index in [2.05, 4.69) is 16.0 Å². The number of nitrogens with one attached hydrogen (secondary N) is 3. The molecule has 0 radical (unpaired) electrons. The second-order valence-electron chi connectivity index (χ2n) is 4.10. The van der Waals surface area contributed by atoms with Gasteiger partial charge in [-0.15, -0.1) is 0 Å². The summed E-state index contributed by atoms with van der Waals surface area (Å²) in [6.45, 7) is 3.89. The van der Waals surface area contributed by atoms with E-state index < -0.39 is 0 Å². The first-order chi connectivity index (χ1) is 7.36. The van der Waals surface area contributed by atoms with Crippen LogP contribution < -0.4 is 16.0 Å². The summed E-state index contributed by atoms with van der Waals surface area (Å²) in [4.78, 5) is 11.7. The Hall–Kier alpha value is -0.650. The van der Waals surface area contributed by atoms with Crippen molar-refractivity contribution in [3.63, 3.8) is 0 Å². The Balaban J connectivity index is 1.66. The zero-order valence-electron chi connectivity index (χ0n) is 8.92. The summed E-state index contributed by atoms with van der Waals surface area (Å²) in [7, 11) is 0. The van der Waals surface area contributed by atoms with Crippen LogP contribution in [0.25, 0.3) is 0 Å². The minimum atomic E-state index is -0.305. The number of amides is 1. The lowest BCUT2D eigenvalue weighted by atomic mass is 10.2. The highest BCUT2D eigenvalue weighted by Crippen LogP contribution is 2.03. The smallest absolute Gasteiger partial charge is 0.250 e. The second kappa shape index (κ2) is 5.44. The van der Waals surface area contributed by atoms with Crippen LogP contribution in [-0.2, 0) is 9.53 Å². The standard InChI is InChI=1S/C10H19N3O2/c14-10(9-7-11-4-5-15-9)13-6-8-2-1-3-12-8/h8-9,11-12H,1-7H2,(H,13,14)/t8?,9-/m1/s1. The number of hydrogen-bond donors (Lipinski definition) is 3. The molecule has 5 heteroatoms. The Morgan fingerprint density at radius 1 is 1.47 bits per heavy atom. The number of rotatable bonds is 3. The molecule has 0 spiro atoms. The maximum Gasteiger partial charge on any atom is 0.250 e. The number of hydrogen-bond acceptors (Lipinski definition) is 4.